The Bertz CT molecular complexity index is 698. The maximum atomic E-state index is 12.5. The molecule has 0 radical (unpaired) electrons. The summed E-state index contributed by atoms with van der Waals surface area (Å²) in [6.07, 6.45) is 1.79. The van der Waals surface area contributed by atoms with E-state index in [1.165, 1.54) is 5.56 Å². The van der Waals surface area contributed by atoms with Crippen molar-refractivity contribution in [1.29, 1.82) is 0 Å². The molecule has 1 saturated heterocycles. The average molecular weight is 375 g/mol. The van der Waals surface area contributed by atoms with Gasteiger partial charge in [-0.05, 0) is 30.5 Å². The van der Waals surface area contributed by atoms with Crippen molar-refractivity contribution in [2.24, 2.45) is 0 Å². The zero-order valence-electron chi connectivity index (χ0n) is 15.4. The molecule has 0 spiro atoms. The number of carbonyl (C=O) groups excluding carboxylic acids is 1. The summed E-state index contributed by atoms with van der Waals surface area (Å²) in [6, 6.07) is 18.1. The third-order valence-electron chi connectivity index (χ3n) is 4.66. The highest BCUT2D eigenvalue weighted by molar-refractivity contribution is 5.95. The number of ether oxygens (including phenoxy) is 1. The standard InChI is InChI=1S/C21H26N2O2.ClH/c1-22(2)20-11-7-6-10-19(20)21(24)25-18-12-14-23(15-13-18)16-17-8-4-3-5-9-17;/h3-11,18H,12-16H2,1-2H3;1H. The van der Waals surface area contributed by atoms with Gasteiger partial charge in [-0.2, -0.15) is 0 Å². The number of piperidine rings is 1. The van der Waals surface area contributed by atoms with Crippen LogP contribution in [0.5, 0.6) is 0 Å². The van der Waals surface area contributed by atoms with Crippen molar-refractivity contribution >= 4 is 24.1 Å². The Morgan fingerprint density at radius 1 is 1.04 bits per heavy atom. The molecule has 0 bridgehead atoms. The van der Waals surface area contributed by atoms with E-state index in [1.807, 2.05) is 49.3 Å². The minimum absolute atomic E-state index is 0. The van der Waals surface area contributed by atoms with Crippen molar-refractivity contribution in [2.75, 3.05) is 32.1 Å². The van der Waals surface area contributed by atoms with E-state index in [0.717, 1.165) is 38.2 Å². The van der Waals surface area contributed by atoms with Crippen molar-refractivity contribution in [3.63, 3.8) is 0 Å². The number of rotatable bonds is 5. The van der Waals surface area contributed by atoms with Crippen LogP contribution in [0.1, 0.15) is 28.8 Å². The number of anilines is 1. The van der Waals surface area contributed by atoms with E-state index in [1.54, 1.807) is 0 Å². The van der Waals surface area contributed by atoms with E-state index in [2.05, 4.69) is 29.2 Å². The molecular weight excluding hydrogens is 348 g/mol. The van der Waals surface area contributed by atoms with Gasteiger partial charge in [-0.1, -0.05) is 42.5 Å². The van der Waals surface area contributed by atoms with Crippen LogP contribution < -0.4 is 4.90 Å². The summed E-state index contributed by atoms with van der Waals surface area (Å²) in [5.74, 6) is -0.217. The molecule has 1 aliphatic heterocycles. The third-order valence-corrected chi connectivity index (χ3v) is 4.66. The van der Waals surface area contributed by atoms with Gasteiger partial charge in [0.05, 0.1) is 11.3 Å². The number of para-hydroxylation sites is 1. The number of likely N-dealkylation sites (tertiary alicyclic amines) is 1. The first kappa shape index (κ1) is 20.3. The fourth-order valence-corrected chi connectivity index (χ4v) is 3.28. The van der Waals surface area contributed by atoms with E-state index in [-0.39, 0.29) is 24.5 Å². The van der Waals surface area contributed by atoms with Crippen molar-refractivity contribution in [3.8, 4) is 0 Å². The first-order chi connectivity index (χ1) is 12.1. The van der Waals surface area contributed by atoms with E-state index in [0.29, 0.717) is 5.56 Å². The van der Waals surface area contributed by atoms with Gasteiger partial charge in [0.1, 0.15) is 6.10 Å². The Hall–Kier alpha value is -2.04. The lowest BCUT2D eigenvalue weighted by atomic mass is 10.1. The van der Waals surface area contributed by atoms with Gasteiger partial charge >= 0.3 is 5.97 Å². The first-order valence-electron chi connectivity index (χ1n) is 8.87. The molecule has 140 valence electrons. The lowest BCUT2D eigenvalue weighted by Crippen LogP contribution is -2.37. The molecule has 2 aromatic rings. The molecule has 1 heterocycles. The SMILES string of the molecule is CN(C)c1ccccc1C(=O)OC1CCN(Cc2ccccc2)CC1.Cl. The van der Waals surface area contributed by atoms with E-state index >= 15 is 0 Å². The van der Waals surface area contributed by atoms with Crippen LogP contribution >= 0.6 is 12.4 Å². The zero-order valence-corrected chi connectivity index (χ0v) is 16.2. The molecule has 0 atom stereocenters. The van der Waals surface area contributed by atoms with Crippen molar-refractivity contribution < 1.29 is 9.53 Å². The summed E-state index contributed by atoms with van der Waals surface area (Å²) in [5.41, 5.74) is 2.87. The molecule has 0 unspecified atom stereocenters. The number of esters is 1. The predicted molar refractivity (Wildman–Crippen MR) is 108 cm³/mol. The van der Waals surface area contributed by atoms with Crippen LogP contribution in [-0.4, -0.2) is 44.2 Å². The Morgan fingerprint density at radius 2 is 1.65 bits per heavy atom. The van der Waals surface area contributed by atoms with Gasteiger partial charge in [0.15, 0.2) is 0 Å². The minimum Gasteiger partial charge on any atom is -0.459 e. The molecule has 2 aromatic carbocycles. The molecule has 26 heavy (non-hydrogen) atoms. The molecule has 3 rings (SSSR count). The van der Waals surface area contributed by atoms with Crippen LogP contribution in [0.4, 0.5) is 5.69 Å². The van der Waals surface area contributed by atoms with Gasteiger partial charge in [0.25, 0.3) is 0 Å². The summed E-state index contributed by atoms with van der Waals surface area (Å²) in [5, 5.41) is 0. The number of nitrogens with zero attached hydrogens (tertiary/aromatic N) is 2. The molecule has 0 N–H and O–H groups in total. The summed E-state index contributed by atoms with van der Waals surface area (Å²) in [7, 11) is 3.88. The molecule has 5 heteroatoms. The second-order valence-corrected chi connectivity index (χ2v) is 6.78. The Morgan fingerprint density at radius 3 is 2.31 bits per heavy atom. The molecule has 0 amide bonds. The molecule has 0 aliphatic carbocycles. The third kappa shape index (κ3) is 5.23. The average Bonchev–Trinajstić information content (AvgIpc) is 2.64. The molecule has 1 fully saturated rings. The molecule has 0 saturated carbocycles. The lowest BCUT2D eigenvalue weighted by molar-refractivity contribution is 0.0105. The number of benzene rings is 2. The highest BCUT2D eigenvalue weighted by Gasteiger charge is 2.24. The van der Waals surface area contributed by atoms with Crippen molar-refractivity contribution in [1.82, 2.24) is 4.90 Å². The number of hydrogen-bond acceptors (Lipinski definition) is 4. The summed E-state index contributed by atoms with van der Waals surface area (Å²) >= 11 is 0. The first-order valence-corrected chi connectivity index (χ1v) is 8.87. The topological polar surface area (TPSA) is 32.8 Å². The molecule has 1 aliphatic rings. The van der Waals surface area contributed by atoms with Crippen molar-refractivity contribution in [2.45, 2.75) is 25.5 Å². The monoisotopic (exact) mass is 374 g/mol. The Labute approximate surface area is 162 Å². The molecule has 0 aromatic heterocycles. The van der Waals surface area contributed by atoms with Crippen LogP contribution in [0.2, 0.25) is 0 Å². The number of halogens is 1. The maximum absolute atomic E-state index is 12.5. The number of carbonyl (C=O) groups is 1. The highest BCUT2D eigenvalue weighted by atomic mass is 35.5. The van der Waals surface area contributed by atoms with E-state index in [4.69, 9.17) is 4.74 Å². The fourth-order valence-electron chi connectivity index (χ4n) is 3.28. The largest absolute Gasteiger partial charge is 0.459 e. The summed E-state index contributed by atoms with van der Waals surface area (Å²) < 4.78 is 5.77. The van der Waals surface area contributed by atoms with Gasteiger partial charge in [-0.15, -0.1) is 12.4 Å². The Kier molecular flexibility index (Phi) is 7.49. The minimum atomic E-state index is -0.217. The molecule has 4 nitrogen and oxygen atoms in total. The van der Waals surface area contributed by atoms with Crippen LogP contribution in [0, 0.1) is 0 Å². The highest BCUT2D eigenvalue weighted by Crippen LogP contribution is 2.22. The quantitative estimate of drug-likeness (QED) is 0.741. The molecular formula is C21H27ClN2O2. The van der Waals surface area contributed by atoms with Gasteiger partial charge in [-0.3, -0.25) is 4.90 Å². The van der Waals surface area contributed by atoms with Gasteiger partial charge in [0, 0.05) is 33.7 Å². The lowest BCUT2D eigenvalue weighted by Gasteiger charge is -2.31. The second-order valence-electron chi connectivity index (χ2n) is 6.78. The van der Waals surface area contributed by atoms with Gasteiger partial charge in [-0.25, -0.2) is 4.79 Å². The summed E-state index contributed by atoms with van der Waals surface area (Å²) in [4.78, 5) is 16.9. The van der Waals surface area contributed by atoms with Crippen molar-refractivity contribution in [3.05, 3.63) is 65.7 Å². The second kappa shape index (κ2) is 9.60. The maximum Gasteiger partial charge on any atom is 0.340 e. The van der Waals surface area contributed by atoms with E-state index < -0.39 is 0 Å². The smallest absolute Gasteiger partial charge is 0.340 e. The van der Waals surface area contributed by atoms with Crippen LogP contribution in [0.25, 0.3) is 0 Å². The van der Waals surface area contributed by atoms with Crippen LogP contribution in [0.3, 0.4) is 0 Å². The van der Waals surface area contributed by atoms with Crippen LogP contribution in [0.15, 0.2) is 54.6 Å². The van der Waals surface area contributed by atoms with Gasteiger partial charge in [0.2, 0.25) is 0 Å². The van der Waals surface area contributed by atoms with Gasteiger partial charge < -0.3 is 9.64 Å². The zero-order chi connectivity index (χ0) is 17.6. The number of hydrogen-bond donors (Lipinski definition) is 0. The normalized spacial score (nSPS) is 15.2. The Balaban J connectivity index is 0.00000243. The summed E-state index contributed by atoms with van der Waals surface area (Å²) in [6.45, 7) is 2.88. The fraction of sp³-hybridized carbons (Fsp3) is 0.381. The predicted octanol–water partition coefficient (Wildman–Crippen LogP) is 4.00. The van der Waals surface area contributed by atoms with Crippen LogP contribution in [-0.2, 0) is 11.3 Å². The van der Waals surface area contributed by atoms with E-state index in [9.17, 15) is 4.79 Å².